The second kappa shape index (κ2) is 4.85. The van der Waals surface area contributed by atoms with E-state index in [0.29, 0.717) is 23.6 Å². The average Bonchev–Trinajstić information content (AvgIpc) is 3.02. The zero-order valence-electron chi connectivity index (χ0n) is 10.3. The Labute approximate surface area is 114 Å². The maximum atomic E-state index is 5.33. The van der Waals surface area contributed by atoms with Crippen molar-refractivity contribution in [3.63, 3.8) is 0 Å². The van der Waals surface area contributed by atoms with Crippen molar-refractivity contribution in [1.29, 1.82) is 0 Å². The summed E-state index contributed by atoms with van der Waals surface area (Å²) in [7, 11) is 1.64. The van der Waals surface area contributed by atoms with E-state index in [0.717, 1.165) is 16.8 Å². The van der Waals surface area contributed by atoms with Crippen molar-refractivity contribution in [1.82, 2.24) is 19.7 Å². The molecule has 0 spiro atoms. The molecule has 0 aliphatic heterocycles. The van der Waals surface area contributed by atoms with Crippen LogP contribution in [0.4, 0.5) is 0 Å². The van der Waals surface area contributed by atoms with Gasteiger partial charge in [0, 0.05) is 19.0 Å². The molecule has 1 aromatic carbocycles. The van der Waals surface area contributed by atoms with Crippen LogP contribution in [-0.4, -0.2) is 26.8 Å². The quantitative estimate of drug-likeness (QED) is 0.741. The lowest BCUT2D eigenvalue weighted by Gasteiger charge is -2.03. The number of nitrogens with one attached hydrogen (secondary N) is 1. The SMILES string of the molecule is COc1ccc2c(c1)[nH]c(=S)n2CCc1ncon1. The number of aryl methyl sites for hydroxylation is 2. The highest BCUT2D eigenvalue weighted by molar-refractivity contribution is 7.71. The van der Waals surface area contributed by atoms with Crippen molar-refractivity contribution >= 4 is 23.3 Å². The Morgan fingerprint density at radius 1 is 1.47 bits per heavy atom. The highest BCUT2D eigenvalue weighted by atomic mass is 32.1. The fourth-order valence-corrected chi connectivity index (χ4v) is 2.31. The van der Waals surface area contributed by atoms with Crippen LogP contribution in [0.5, 0.6) is 5.75 Å². The summed E-state index contributed by atoms with van der Waals surface area (Å²) in [5.74, 6) is 1.47. The standard InChI is InChI=1S/C12H12N4O2S/c1-17-8-2-3-10-9(6-8)14-12(19)16(10)5-4-11-13-7-18-15-11/h2-3,6-7H,4-5H2,1H3,(H,14,19). The van der Waals surface area contributed by atoms with Gasteiger partial charge in [0.15, 0.2) is 10.6 Å². The lowest BCUT2D eigenvalue weighted by molar-refractivity contribution is 0.408. The highest BCUT2D eigenvalue weighted by Gasteiger charge is 2.07. The summed E-state index contributed by atoms with van der Waals surface area (Å²) in [4.78, 5) is 7.16. The first kappa shape index (κ1) is 11.9. The molecule has 7 heteroatoms. The average molecular weight is 276 g/mol. The Balaban J connectivity index is 1.94. The van der Waals surface area contributed by atoms with Gasteiger partial charge in [-0.25, -0.2) is 0 Å². The van der Waals surface area contributed by atoms with Crippen molar-refractivity contribution in [3.05, 3.63) is 35.2 Å². The summed E-state index contributed by atoms with van der Waals surface area (Å²) >= 11 is 5.33. The smallest absolute Gasteiger partial charge is 0.213 e. The molecule has 2 heterocycles. The number of methoxy groups -OCH3 is 1. The summed E-state index contributed by atoms with van der Waals surface area (Å²) in [6.07, 6.45) is 2.00. The molecule has 0 radical (unpaired) electrons. The van der Waals surface area contributed by atoms with Gasteiger partial charge in [-0.05, 0) is 24.4 Å². The van der Waals surface area contributed by atoms with Crippen LogP contribution in [0.15, 0.2) is 29.1 Å². The largest absolute Gasteiger partial charge is 0.497 e. The van der Waals surface area contributed by atoms with Gasteiger partial charge < -0.3 is 18.8 Å². The third-order valence-corrected chi connectivity index (χ3v) is 3.27. The van der Waals surface area contributed by atoms with E-state index in [1.807, 2.05) is 22.8 Å². The minimum Gasteiger partial charge on any atom is -0.497 e. The Kier molecular flexibility index (Phi) is 3.04. The van der Waals surface area contributed by atoms with Crippen LogP contribution in [0.2, 0.25) is 0 Å². The van der Waals surface area contributed by atoms with E-state index in [1.54, 1.807) is 7.11 Å². The topological polar surface area (TPSA) is 68.9 Å². The molecule has 0 amide bonds. The molecule has 0 saturated carbocycles. The fraction of sp³-hybridized carbons (Fsp3) is 0.250. The Bertz CT molecular complexity index is 745. The monoisotopic (exact) mass is 276 g/mol. The summed E-state index contributed by atoms with van der Waals surface area (Å²) in [5.41, 5.74) is 1.99. The second-order valence-electron chi connectivity index (χ2n) is 4.06. The molecule has 0 unspecified atom stereocenters. The van der Waals surface area contributed by atoms with Crippen LogP contribution in [0.1, 0.15) is 5.82 Å². The van der Waals surface area contributed by atoms with Crippen molar-refractivity contribution < 1.29 is 9.26 Å². The molecule has 6 nitrogen and oxygen atoms in total. The number of hydrogen-bond acceptors (Lipinski definition) is 5. The number of imidazole rings is 1. The third-order valence-electron chi connectivity index (χ3n) is 2.95. The number of benzene rings is 1. The van der Waals surface area contributed by atoms with Crippen molar-refractivity contribution in [2.75, 3.05) is 7.11 Å². The van der Waals surface area contributed by atoms with Gasteiger partial charge in [0.25, 0.3) is 0 Å². The second-order valence-corrected chi connectivity index (χ2v) is 4.45. The van der Waals surface area contributed by atoms with Crippen LogP contribution in [0.25, 0.3) is 11.0 Å². The molecule has 3 rings (SSSR count). The normalized spacial score (nSPS) is 11.0. The minimum atomic E-state index is 0.670. The maximum absolute atomic E-state index is 5.33. The molecular formula is C12H12N4O2S. The van der Waals surface area contributed by atoms with E-state index in [9.17, 15) is 0 Å². The van der Waals surface area contributed by atoms with Crippen molar-refractivity contribution in [2.45, 2.75) is 13.0 Å². The number of H-pyrrole nitrogens is 1. The van der Waals surface area contributed by atoms with E-state index in [2.05, 4.69) is 15.1 Å². The molecule has 0 aliphatic carbocycles. The van der Waals surface area contributed by atoms with Crippen LogP contribution >= 0.6 is 12.2 Å². The number of aromatic nitrogens is 4. The van der Waals surface area contributed by atoms with Gasteiger partial charge in [0.05, 0.1) is 18.1 Å². The predicted molar refractivity (Wildman–Crippen MR) is 71.7 cm³/mol. The van der Waals surface area contributed by atoms with E-state index in [4.69, 9.17) is 21.5 Å². The van der Waals surface area contributed by atoms with Gasteiger partial charge in [-0.3, -0.25) is 0 Å². The van der Waals surface area contributed by atoms with E-state index >= 15 is 0 Å². The highest BCUT2D eigenvalue weighted by Crippen LogP contribution is 2.20. The Morgan fingerprint density at radius 3 is 3.11 bits per heavy atom. The zero-order valence-corrected chi connectivity index (χ0v) is 11.1. The summed E-state index contributed by atoms with van der Waals surface area (Å²) in [6, 6.07) is 5.82. The molecule has 0 aliphatic rings. The van der Waals surface area contributed by atoms with Crippen LogP contribution in [0, 0.1) is 4.77 Å². The Morgan fingerprint density at radius 2 is 2.37 bits per heavy atom. The first-order chi connectivity index (χ1) is 9.28. The van der Waals surface area contributed by atoms with Gasteiger partial charge in [0.1, 0.15) is 5.75 Å². The molecule has 0 bridgehead atoms. The molecule has 0 fully saturated rings. The van der Waals surface area contributed by atoms with Crippen molar-refractivity contribution in [3.8, 4) is 5.75 Å². The molecule has 0 saturated heterocycles. The molecule has 98 valence electrons. The van der Waals surface area contributed by atoms with Crippen LogP contribution in [-0.2, 0) is 13.0 Å². The summed E-state index contributed by atoms with van der Waals surface area (Å²) < 4.78 is 12.6. The number of rotatable bonds is 4. The number of hydrogen-bond donors (Lipinski definition) is 1. The van der Waals surface area contributed by atoms with Crippen LogP contribution < -0.4 is 4.74 Å². The van der Waals surface area contributed by atoms with E-state index in [-0.39, 0.29) is 0 Å². The first-order valence-corrected chi connectivity index (χ1v) is 6.20. The zero-order chi connectivity index (χ0) is 13.2. The lowest BCUT2D eigenvalue weighted by atomic mass is 10.3. The Hall–Kier alpha value is -2.15. The van der Waals surface area contributed by atoms with Gasteiger partial charge in [0.2, 0.25) is 6.39 Å². The van der Waals surface area contributed by atoms with Gasteiger partial charge in [-0.1, -0.05) is 5.16 Å². The third kappa shape index (κ3) is 2.24. The summed E-state index contributed by atoms with van der Waals surface area (Å²) in [5, 5.41) is 3.79. The molecule has 1 N–H and O–H groups in total. The van der Waals surface area contributed by atoms with Crippen molar-refractivity contribution in [2.24, 2.45) is 0 Å². The summed E-state index contributed by atoms with van der Waals surface area (Å²) in [6.45, 7) is 0.699. The maximum Gasteiger partial charge on any atom is 0.213 e. The molecule has 19 heavy (non-hydrogen) atoms. The van der Waals surface area contributed by atoms with Gasteiger partial charge in [-0.15, -0.1) is 0 Å². The number of fused-ring (bicyclic) bond motifs is 1. The first-order valence-electron chi connectivity index (χ1n) is 5.80. The predicted octanol–water partition coefficient (Wildman–Crippen LogP) is 2.33. The molecular weight excluding hydrogens is 264 g/mol. The van der Waals surface area contributed by atoms with Crippen LogP contribution in [0.3, 0.4) is 0 Å². The molecule has 2 aromatic heterocycles. The fourth-order valence-electron chi connectivity index (χ4n) is 2.01. The number of aromatic amines is 1. The van der Waals surface area contributed by atoms with Gasteiger partial charge in [-0.2, -0.15) is 4.98 Å². The van der Waals surface area contributed by atoms with E-state index < -0.39 is 0 Å². The molecule has 3 aromatic rings. The van der Waals surface area contributed by atoms with Gasteiger partial charge >= 0.3 is 0 Å². The lowest BCUT2D eigenvalue weighted by Crippen LogP contribution is -2.02. The number of nitrogens with zero attached hydrogens (tertiary/aromatic N) is 3. The van der Waals surface area contributed by atoms with E-state index in [1.165, 1.54) is 6.39 Å². The minimum absolute atomic E-state index is 0.670. The molecule has 0 atom stereocenters. The number of ether oxygens (including phenoxy) is 1.